The summed E-state index contributed by atoms with van der Waals surface area (Å²) in [5.74, 6) is 1.33. The first-order valence-corrected chi connectivity index (χ1v) is 7.17. The first-order chi connectivity index (χ1) is 8.43. The molecule has 106 valence electrons. The molecule has 1 heterocycles. The molecule has 1 fully saturated rings. The Balaban J connectivity index is 2.43. The lowest BCUT2D eigenvalue weighted by atomic mass is 9.92. The summed E-state index contributed by atoms with van der Waals surface area (Å²) in [6, 6.07) is 0.603. The van der Waals surface area contributed by atoms with Crippen molar-refractivity contribution >= 4 is 5.91 Å². The first-order valence-electron chi connectivity index (χ1n) is 7.17. The van der Waals surface area contributed by atoms with Crippen molar-refractivity contribution in [2.24, 2.45) is 17.6 Å². The second kappa shape index (κ2) is 7.10. The number of piperidine rings is 1. The van der Waals surface area contributed by atoms with Crippen molar-refractivity contribution in [3.8, 4) is 0 Å². The smallest absolute Gasteiger partial charge is 0.234 e. The van der Waals surface area contributed by atoms with Crippen LogP contribution in [0.15, 0.2) is 0 Å². The van der Waals surface area contributed by atoms with Gasteiger partial charge in [0.25, 0.3) is 0 Å². The molecule has 0 spiro atoms. The molecule has 1 aliphatic heterocycles. The van der Waals surface area contributed by atoms with Crippen LogP contribution in [0.1, 0.15) is 40.5 Å². The zero-order valence-electron chi connectivity index (χ0n) is 12.3. The Kier molecular flexibility index (Phi) is 6.09. The van der Waals surface area contributed by atoms with Crippen LogP contribution in [-0.2, 0) is 4.79 Å². The van der Waals surface area contributed by atoms with E-state index in [1.54, 1.807) is 0 Å². The van der Waals surface area contributed by atoms with Gasteiger partial charge in [0.15, 0.2) is 0 Å². The van der Waals surface area contributed by atoms with Gasteiger partial charge in [0.05, 0.1) is 6.54 Å². The van der Waals surface area contributed by atoms with Crippen LogP contribution in [0.25, 0.3) is 0 Å². The van der Waals surface area contributed by atoms with E-state index in [4.69, 9.17) is 5.73 Å². The molecule has 0 radical (unpaired) electrons. The number of rotatable bonds is 5. The van der Waals surface area contributed by atoms with Gasteiger partial charge in [0.2, 0.25) is 5.91 Å². The standard InChI is InChI=1S/C14H29N3O/c1-10(2)12(4)16-14(18)9-17-6-5-11(3)7-13(17)8-15/h10-13H,5-9,15H2,1-4H3,(H,16,18). The molecule has 0 aromatic rings. The third kappa shape index (κ3) is 4.58. The van der Waals surface area contributed by atoms with Gasteiger partial charge in [0, 0.05) is 18.6 Å². The number of hydrogen-bond donors (Lipinski definition) is 2. The van der Waals surface area contributed by atoms with Crippen LogP contribution in [0.2, 0.25) is 0 Å². The zero-order valence-corrected chi connectivity index (χ0v) is 12.3. The number of amides is 1. The third-order valence-corrected chi connectivity index (χ3v) is 4.11. The fourth-order valence-corrected chi connectivity index (χ4v) is 2.40. The second-order valence-electron chi connectivity index (χ2n) is 6.09. The van der Waals surface area contributed by atoms with Gasteiger partial charge in [-0.05, 0) is 38.1 Å². The Bertz CT molecular complexity index is 268. The van der Waals surface area contributed by atoms with Crippen LogP contribution in [-0.4, -0.2) is 42.5 Å². The monoisotopic (exact) mass is 255 g/mol. The van der Waals surface area contributed by atoms with Crippen molar-refractivity contribution in [2.75, 3.05) is 19.6 Å². The van der Waals surface area contributed by atoms with Crippen molar-refractivity contribution in [1.29, 1.82) is 0 Å². The van der Waals surface area contributed by atoms with Gasteiger partial charge in [-0.15, -0.1) is 0 Å². The molecule has 0 saturated carbocycles. The van der Waals surface area contributed by atoms with Gasteiger partial charge >= 0.3 is 0 Å². The summed E-state index contributed by atoms with van der Waals surface area (Å²) in [5.41, 5.74) is 5.81. The minimum atomic E-state index is 0.129. The van der Waals surface area contributed by atoms with Crippen molar-refractivity contribution in [3.05, 3.63) is 0 Å². The topological polar surface area (TPSA) is 58.4 Å². The van der Waals surface area contributed by atoms with Crippen LogP contribution < -0.4 is 11.1 Å². The minimum absolute atomic E-state index is 0.129. The summed E-state index contributed by atoms with van der Waals surface area (Å²) in [7, 11) is 0. The van der Waals surface area contributed by atoms with Crippen LogP contribution in [0.4, 0.5) is 0 Å². The molecule has 4 heteroatoms. The van der Waals surface area contributed by atoms with E-state index < -0.39 is 0 Å². The van der Waals surface area contributed by atoms with Crippen LogP contribution in [0.3, 0.4) is 0 Å². The van der Waals surface area contributed by atoms with Gasteiger partial charge in [-0.2, -0.15) is 0 Å². The van der Waals surface area contributed by atoms with E-state index in [2.05, 4.69) is 37.9 Å². The molecule has 3 unspecified atom stereocenters. The summed E-state index contributed by atoms with van der Waals surface area (Å²) in [4.78, 5) is 14.2. The van der Waals surface area contributed by atoms with Gasteiger partial charge in [-0.3, -0.25) is 9.69 Å². The first kappa shape index (κ1) is 15.4. The summed E-state index contributed by atoms with van der Waals surface area (Å²) < 4.78 is 0. The number of nitrogens with one attached hydrogen (secondary N) is 1. The van der Waals surface area contributed by atoms with E-state index in [1.807, 2.05) is 0 Å². The molecule has 0 aromatic carbocycles. The quantitative estimate of drug-likeness (QED) is 0.776. The summed E-state index contributed by atoms with van der Waals surface area (Å²) in [5, 5.41) is 3.06. The SMILES string of the molecule is CC1CCN(CC(=O)NC(C)C(C)C)C(CN)C1. The lowest BCUT2D eigenvalue weighted by molar-refractivity contribution is -0.124. The highest BCUT2D eigenvalue weighted by molar-refractivity contribution is 5.78. The molecule has 1 amide bonds. The Morgan fingerprint density at radius 1 is 1.44 bits per heavy atom. The molecular weight excluding hydrogens is 226 g/mol. The lowest BCUT2D eigenvalue weighted by Crippen LogP contribution is -2.51. The highest BCUT2D eigenvalue weighted by atomic mass is 16.2. The van der Waals surface area contributed by atoms with E-state index >= 15 is 0 Å². The van der Waals surface area contributed by atoms with Crippen LogP contribution in [0.5, 0.6) is 0 Å². The Morgan fingerprint density at radius 2 is 2.11 bits per heavy atom. The number of carbonyl (C=O) groups excluding carboxylic acids is 1. The van der Waals surface area contributed by atoms with Crippen molar-refractivity contribution in [1.82, 2.24) is 10.2 Å². The Hall–Kier alpha value is -0.610. The maximum atomic E-state index is 12.0. The van der Waals surface area contributed by atoms with Crippen molar-refractivity contribution < 1.29 is 4.79 Å². The van der Waals surface area contributed by atoms with Crippen LogP contribution in [0, 0.1) is 11.8 Å². The van der Waals surface area contributed by atoms with Crippen LogP contribution >= 0.6 is 0 Å². The molecule has 0 bridgehead atoms. The predicted octanol–water partition coefficient (Wildman–Crippen LogP) is 1.21. The Morgan fingerprint density at radius 3 is 2.67 bits per heavy atom. The van der Waals surface area contributed by atoms with E-state index in [0.717, 1.165) is 18.9 Å². The average Bonchev–Trinajstić information content (AvgIpc) is 2.31. The zero-order chi connectivity index (χ0) is 13.7. The summed E-state index contributed by atoms with van der Waals surface area (Å²) in [6.07, 6.45) is 2.28. The molecule has 0 aromatic heterocycles. The molecule has 4 nitrogen and oxygen atoms in total. The van der Waals surface area contributed by atoms with E-state index in [9.17, 15) is 4.79 Å². The predicted molar refractivity (Wildman–Crippen MR) is 75.3 cm³/mol. The highest BCUT2D eigenvalue weighted by Crippen LogP contribution is 2.21. The number of hydrogen-bond acceptors (Lipinski definition) is 3. The number of carbonyl (C=O) groups is 1. The molecule has 3 N–H and O–H groups in total. The van der Waals surface area contributed by atoms with E-state index in [0.29, 0.717) is 25.0 Å². The normalized spacial score (nSPS) is 27.2. The third-order valence-electron chi connectivity index (χ3n) is 4.11. The summed E-state index contributed by atoms with van der Waals surface area (Å²) >= 11 is 0. The number of nitrogens with zero attached hydrogens (tertiary/aromatic N) is 1. The number of nitrogens with two attached hydrogens (primary N) is 1. The van der Waals surface area contributed by atoms with Crippen molar-refractivity contribution in [3.63, 3.8) is 0 Å². The largest absolute Gasteiger partial charge is 0.352 e. The maximum absolute atomic E-state index is 12.0. The molecule has 1 saturated heterocycles. The fraction of sp³-hybridized carbons (Fsp3) is 0.929. The fourth-order valence-electron chi connectivity index (χ4n) is 2.40. The maximum Gasteiger partial charge on any atom is 0.234 e. The molecular formula is C14H29N3O. The Labute approximate surface area is 111 Å². The molecule has 3 atom stereocenters. The van der Waals surface area contributed by atoms with Gasteiger partial charge < -0.3 is 11.1 Å². The van der Waals surface area contributed by atoms with Gasteiger partial charge in [0.1, 0.15) is 0 Å². The minimum Gasteiger partial charge on any atom is -0.352 e. The lowest BCUT2D eigenvalue weighted by Gasteiger charge is -2.37. The van der Waals surface area contributed by atoms with Gasteiger partial charge in [-0.25, -0.2) is 0 Å². The highest BCUT2D eigenvalue weighted by Gasteiger charge is 2.27. The van der Waals surface area contributed by atoms with E-state index in [-0.39, 0.29) is 11.9 Å². The molecule has 0 aliphatic carbocycles. The average molecular weight is 255 g/mol. The molecule has 1 aliphatic rings. The van der Waals surface area contributed by atoms with Crippen molar-refractivity contribution in [2.45, 2.75) is 52.6 Å². The summed E-state index contributed by atoms with van der Waals surface area (Å²) in [6.45, 7) is 10.7. The second-order valence-corrected chi connectivity index (χ2v) is 6.09. The molecule has 1 rings (SSSR count). The van der Waals surface area contributed by atoms with Gasteiger partial charge in [-0.1, -0.05) is 20.8 Å². The van der Waals surface area contributed by atoms with E-state index in [1.165, 1.54) is 6.42 Å². The molecule has 18 heavy (non-hydrogen) atoms. The number of likely N-dealkylation sites (tertiary alicyclic amines) is 1.